The average Bonchev–Trinajstić information content (AvgIpc) is 3.24. The number of benzene rings is 3. The van der Waals surface area contributed by atoms with Gasteiger partial charge in [-0.05, 0) is 48.7 Å². The van der Waals surface area contributed by atoms with Crippen molar-refractivity contribution in [3.8, 4) is 0 Å². The number of piperidine rings is 1. The Morgan fingerprint density at radius 2 is 1.55 bits per heavy atom. The van der Waals surface area contributed by atoms with Crippen molar-refractivity contribution >= 4 is 27.5 Å². The Hall–Kier alpha value is -3.90. The minimum atomic E-state index is -4.68. The van der Waals surface area contributed by atoms with Crippen molar-refractivity contribution in [1.82, 2.24) is 14.1 Å². The molecule has 0 bridgehead atoms. The van der Waals surface area contributed by atoms with E-state index in [1.54, 1.807) is 11.9 Å². The van der Waals surface area contributed by atoms with Gasteiger partial charge in [0.05, 0.1) is 17.1 Å². The molecule has 2 heterocycles. The Morgan fingerprint density at radius 3 is 2.17 bits per heavy atom. The lowest BCUT2D eigenvalue weighted by atomic mass is 9.86. The zero-order valence-electron chi connectivity index (χ0n) is 23.0. The van der Waals surface area contributed by atoms with Gasteiger partial charge in [0.1, 0.15) is 12.1 Å². The number of carbonyl (C=O) groups is 2. The molecule has 8 nitrogen and oxygen atoms in total. The molecule has 0 unspecified atom stereocenters. The van der Waals surface area contributed by atoms with Crippen molar-refractivity contribution in [3.05, 3.63) is 96.1 Å². The van der Waals surface area contributed by atoms with E-state index in [9.17, 15) is 31.2 Å². The number of para-hydroxylation sites is 1. The third kappa shape index (κ3) is 5.73. The Bertz CT molecular complexity index is 1540. The van der Waals surface area contributed by atoms with Crippen LogP contribution in [-0.4, -0.2) is 73.2 Å². The van der Waals surface area contributed by atoms with Crippen LogP contribution < -0.4 is 4.90 Å². The van der Waals surface area contributed by atoms with Gasteiger partial charge in [-0.3, -0.25) is 9.59 Å². The number of anilines is 1. The van der Waals surface area contributed by atoms with E-state index in [0.29, 0.717) is 12.6 Å². The van der Waals surface area contributed by atoms with E-state index in [0.717, 1.165) is 33.8 Å². The maximum Gasteiger partial charge on any atom is 0.416 e. The molecule has 1 spiro atoms. The maximum atomic E-state index is 14.0. The van der Waals surface area contributed by atoms with Gasteiger partial charge in [-0.1, -0.05) is 54.6 Å². The van der Waals surface area contributed by atoms with Crippen LogP contribution in [0.1, 0.15) is 24.0 Å². The first-order valence-electron chi connectivity index (χ1n) is 13.5. The van der Waals surface area contributed by atoms with Gasteiger partial charge >= 0.3 is 6.18 Å². The Morgan fingerprint density at radius 1 is 0.929 bits per heavy atom. The molecule has 2 aliphatic rings. The smallest absolute Gasteiger partial charge is 0.340 e. The molecule has 2 fully saturated rings. The Kier molecular flexibility index (Phi) is 8.04. The highest BCUT2D eigenvalue weighted by Gasteiger charge is 2.55. The van der Waals surface area contributed by atoms with E-state index in [1.165, 1.54) is 4.90 Å². The molecule has 0 atom stereocenters. The topological polar surface area (TPSA) is 81.2 Å². The fourth-order valence-corrected chi connectivity index (χ4v) is 7.12. The van der Waals surface area contributed by atoms with Gasteiger partial charge in [0.15, 0.2) is 0 Å². The zero-order chi connectivity index (χ0) is 30.1. The average molecular weight is 601 g/mol. The summed E-state index contributed by atoms with van der Waals surface area (Å²) in [7, 11) is -2.56. The number of nitrogens with zero attached hydrogens (tertiary/aromatic N) is 4. The maximum absolute atomic E-state index is 14.0. The van der Waals surface area contributed by atoms with Crippen LogP contribution in [0.5, 0.6) is 0 Å². The fraction of sp³-hybridized carbons (Fsp3) is 0.333. The molecular formula is C30H31F3N4O4S. The molecule has 2 aliphatic heterocycles. The molecule has 0 aliphatic carbocycles. The Labute approximate surface area is 243 Å². The standard InChI is InChI=1S/C30H31F3N4O4S/c1-34(20-23-9-4-2-5-10-23)27(38)21-35-22-37(25-12-6-3-7-13-25)29(28(35)39)15-17-36(18-16-29)42(40,41)26-14-8-11-24(19-26)30(31,32)33/h2-14,19H,15-18,20-22H2,1H3. The SMILES string of the molecule is CN(Cc1ccccc1)C(=O)CN1CN(c2ccccc2)C2(CCN(S(=O)(=O)c3cccc(C(F)(F)F)c3)CC2)C1=O. The summed E-state index contributed by atoms with van der Waals surface area (Å²) < 4.78 is 67.6. The number of hydrogen-bond donors (Lipinski definition) is 0. The second-order valence-corrected chi connectivity index (χ2v) is 12.5. The number of rotatable bonds is 7. The van der Waals surface area contributed by atoms with Gasteiger partial charge < -0.3 is 14.7 Å². The number of hydrogen-bond acceptors (Lipinski definition) is 5. The first kappa shape index (κ1) is 29.6. The summed E-state index contributed by atoms with van der Waals surface area (Å²) in [6.07, 6.45) is -4.45. The largest absolute Gasteiger partial charge is 0.416 e. The molecule has 3 aromatic rings. The molecule has 0 aromatic heterocycles. The van der Waals surface area contributed by atoms with Crippen LogP contribution in [0.3, 0.4) is 0 Å². The highest BCUT2D eigenvalue weighted by atomic mass is 32.2. The van der Waals surface area contributed by atoms with Gasteiger partial charge in [-0.15, -0.1) is 0 Å². The molecule has 0 saturated carbocycles. The number of amides is 2. The van der Waals surface area contributed by atoms with E-state index in [2.05, 4.69) is 0 Å². The Balaban J connectivity index is 1.35. The molecule has 0 radical (unpaired) electrons. The molecule has 2 saturated heterocycles. The summed E-state index contributed by atoms with van der Waals surface area (Å²) in [6.45, 7) is 0.262. The highest BCUT2D eigenvalue weighted by molar-refractivity contribution is 7.89. The molecule has 5 rings (SSSR count). The minimum Gasteiger partial charge on any atom is -0.340 e. The van der Waals surface area contributed by atoms with Crippen LogP contribution in [0, 0.1) is 0 Å². The number of alkyl halides is 3. The van der Waals surface area contributed by atoms with Gasteiger partial charge in [0, 0.05) is 32.4 Å². The van der Waals surface area contributed by atoms with Gasteiger partial charge in [0.25, 0.3) is 0 Å². The quantitative estimate of drug-likeness (QED) is 0.406. The number of likely N-dealkylation sites (N-methyl/N-ethyl adjacent to an activating group) is 1. The van der Waals surface area contributed by atoms with Crippen molar-refractivity contribution in [2.75, 3.05) is 38.3 Å². The van der Waals surface area contributed by atoms with Gasteiger partial charge in [-0.25, -0.2) is 8.42 Å². The monoisotopic (exact) mass is 600 g/mol. The zero-order valence-corrected chi connectivity index (χ0v) is 23.8. The predicted molar refractivity (Wildman–Crippen MR) is 151 cm³/mol. The van der Waals surface area contributed by atoms with Crippen LogP contribution in [0.15, 0.2) is 89.8 Å². The highest BCUT2D eigenvalue weighted by Crippen LogP contribution is 2.41. The number of carbonyl (C=O) groups excluding carboxylic acids is 2. The van der Waals surface area contributed by atoms with Gasteiger partial charge in [-0.2, -0.15) is 17.5 Å². The van der Waals surface area contributed by atoms with E-state index >= 15 is 0 Å². The lowest BCUT2D eigenvalue weighted by Gasteiger charge is -2.42. The molecule has 2 amide bonds. The van der Waals surface area contributed by atoms with Crippen molar-refractivity contribution in [1.29, 1.82) is 0 Å². The molecular weight excluding hydrogens is 569 g/mol. The van der Waals surface area contributed by atoms with Crippen LogP contribution in [-0.2, 0) is 32.3 Å². The summed E-state index contributed by atoms with van der Waals surface area (Å²) in [5.41, 5.74) is -0.430. The van der Waals surface area contributed by atoms with Crippen molar-refractivity contribution in [2.45, 2.75) is 36.0 Å². The normalized spacial score (nSPS) is 17.6. The summed E-state index contributed by atoms with van der Waals surface area (Å²) >= 11 is 0. The number of halogens is 3. The van der Waals surface area contributed by atoms with E-state index in [-0.39, 0.29) is 51.0 Å². The summed E-state index contributed by atoms with van der Waals surface area (Å²) in [4.78, 5) is 31.7. The molecule has 222 valence electrons. The first-order chi connectivity index (χ1) is 19.9. The lowest BCUT2D eigenvalue weighted by Crippen LogP contribution is -2.57. The van der Waals surface area contributed by atoms with Crippen LogP contribution >= 0.6 is 0 Å². The first-order valence-corrected chi connectivity index (χ1v) is 14.9. The minimum absolute atomic E-state index is 0.0661. The lowest BCUT2D eigenvalue weighted by molar-refractivity contribution is -0.140. The summed E-state index contributed by atoms with van der Waals surface area (Å²) in [5.74, 6) is -0.509. The number of sulfonamides is 1. The fourth-order valence-electron chi connectivity index (χ4n) is 5.63. The summed E-state index contributed by atoms with van der Waals surface area (Å²) in [5, 5.41) is 0. The second-order valence-electron chi connectivity index (χ2n) is 10.6. The molecule has 42 heavy (non-hydrogen) atoms. The van der Waals surface area contributed by atoms with E-state index in [1.807, 2.05) is 65.6 Å². The van der Waals surface area contributed by atoms with Crippen LogP contribution in [0.4, 0.5) is 18.9 Å². The van der Waals surface area contributed by atoms with Crippen molar-refractivity contribution in [3.63, 3.8) is 0 Å². The third-order valence-electron chi connectivity index (χ3n) is 7.95. The van der Waals surface area contributed by atoms with Gasteiger partial charge in [0.2, 0.25) is 21.8 Å². The predicted octanol–water partition coefficient (Wildman–Crippen LogP) is 4.19. The second kappa shape index (κ2) is 11.4. The van der Waals surface area contributed by atoms with E-state index in [4.69, 9.17) is 0 Å². The van der Waals surface area contributed by atoms with Crippen LogP contribution in [0.25, 0.3) is 0 Å². The molecule has 3 aromatic carbocycles. The molecule has 0 N–H and O–H groups in total. The van der Waals surface area contributed by atoms with Crippen molar-refractivity contribution < 1.29 is 31.2 Å². The van der Waals surface area contributed by atoms with Crippen molar-refractivity contribution in [2.24, 2.45) is 0 Å². The summed E-state index contributed by atoms with van der Waals surface area (Å²) in [6, 6.07) is 22.4. The van der Waals surface area contributed by atoms with Crippen LogP contribution in [0.2, 0.25) is 0 Å². The van der Waals surface area contributed by atoms with E-state index < -0.39 is 32.2 Å². The molecule has 12 heteroatoms. The third-order valence-corrected chi connectivity index (χ3v) is 9.84.